The van der Waals surface area contributed by atoms with Gasteiger partial charge in [-0.3, -0.25) is 14.4 Å². The molecule has 1 spiro atoms. The van der Waals surface area contributed by atoms with Gasteiger partial charge in [0, 0.05) is 12.6 Å². The number of nitrogens with one attached hydrogen (secondary N) is 2. The molecule has 0 aromatic heterocycles. The Morgan fingerprint density at radius 3 is 2.50 bits per heavy atom. The summed E-state index contributed by atoms with van der Waals surface area (Å²) in [5.41, 5.74) is -1.86. The first-order valence-corrected chi connectivity index (χ1v) is 12.3. The van der Waals surface area contributed by atoms with Crippen LogP contribution in [0, 0.1) is 17.8 Å². The molecular weight excluding hydrogens is 410 g/mol. The second-order valence-electron chi connectivity index (χ2n) is 10.2. The number of hydrogen-bond donors (Lipinski definition) is 3. The van der Waals surface area contributed by atoms with Crippen LogP contribution >= 0.6 is 0 Å². The molecule has 8 heteroatoms. The molecule has 32 heavy (non-hydrogen) atoms. The predicted octanol–water partition coefficient (Wildman–Crippen LogP) is 1.60. The van der Waals surface area contributed by atoms with Crippen LogP contribution in [-0.2, 0) is 19.1 Å². The Bertz CT molecular complexity index is 741. The van der Waals surface area contributed by atoms with Gasteiger partial charge in [-0.2, -0.15) is 0 Å². The second kappa shape index (κ2) is 9.29. The number of fused-ring (bicyclic) bond motifs is 1. The SMILES string of the molecule is CCCNC(=O)[C@@H]1[C@H]2C(=O)N([C@@H](CC)CO)C(C(=O)NC(C)CCC)C23CC(C)[C@@]1(C)O3. The van der Waals surface area contributed by atoms with Crippen molar-refractivity contribution in [2.24, 2.45) is 17.8 Å². The van der Waals surface area contributed by atoms with Crippen molar-refractivity contribution < 1.29 is 24.2 Å². The fourth-order valence-corrected chi connectivity index (χ4v) is 6.37. The summed E-state index contributed by atoms with van der Waals surface area (Å²) in [6, 6.07) is -1.39. The van der Waals surface area contributed by atoms with E-state index >= 15 is 0 Å². The third kappa shape index (κ3) is 3.63. The lowest BCUT2D eigenvalue weighted by Crippen LogP contribution is -2.59. The van der Waals surface area contributed by atoms with Gasteiger partial charge in [0.05, 0.1) is 30.1 Å². The molecule has 3 rings (SSSR count). The summed E-state index contributed by atoms with van der Waals surface area (Å²) in [4.78, 5) is 42.3. The molecule has 182 valence electrons. The lowest BCUT2D eigenvalue weighted by atomic mass is 9.62. The van der Waals surface area contributed by atoms with Gasteiger partial charge in [0.2, 0.25) is 17.7 Å². The summed E-state index contributed by atoms with van der Waals surface area (Å²) < 4.78 is 6.65. The summed E-state index contributed by atoms with van der Waals surface area (Å²) in [6.07, 6.45) is 3.61. The minimum absolute atomic E-state index is 0.0152. The van der Waals surface area contributed by atoms with Gasteiger partial charge in [-0.15, -0.1) is 0 Å². The zero-order valence-electron chi connectivity index (χ0n) is 20.4. The number of rotatable bonds is 10. The van der Waals surface area contributed by atoms with Crippen LogP contribution in [0.15, 0.2) is 0 Å². The van der Waals surface area contributed by atoms with E-state index in [0.29, 0.717) is 19.4 Å². The molecule has 0 saturated carbocycles. The van der Waals surface area contributed by atoms with Crippen molar-refractivity contribution in [3.8, 4) is 0 Å². The highest BCUT2D eigenvalue weighted by Gasteiger charge is 2.80. The summed E-state index contributed by atoms with van der Waals surface area (Å²) in [6.45, 7) is 12.1. The van der Waals surface area contributed by atoms with Gasteiger partial charge in [0.25, 0.3) is 0 Å². The maximum atomic E-state index is 13.9. The van der Waals surface area contributed by atoms with Gasteiger partial charge in [-0.1, -0.05) is 34.1 Å². The average Bonchev–Trinajstić information content (AvgIpc) is 3.25. The van der Waals surface area contributed by atoms with Crippen molar-refractivity contribution in [1.82, 2.24) is 15.5 Å². The van der Waals surface area contributed by atoms with E-state index in [-0.39, 0.29) is 36.3 Å². The van der Waals surface area contributed by atoms with Gasteiger partial charge in [0.1, 0.15) is 11.6 Å². The van der Waals surface area contributed by atoms with Crippen molar-refractivity contribution in [2.45, 2.75) is 103 Å². The first-order chi connectivity index (χ1) is 15.1. The lowest BCUT2D eigenvalue weighted by Gasteiger charge is -2.37. The number of amides is 3. The minimum atomic E-state index is -1.06. The highest BCUT2D eigenvalue weighted by Crippen LogP contribution is 2.65. The molecule has 3 saturated heterocycles. The van der Waals surface area contributed by atoms with Gasteiger partial charge < -0.3 is 25.4 Å². The summed E-state index contributed by atoms with van der Waals surface area (Å²) in [7, 11) is 0. The van der Waals surface area contributed by atoms with Crippen LogP contribution in [0.1, 0.15) is 73.6 Å². The molecule has 0 aromatic carbocycles. The number of hydrogen-bond acceptors (Lipinski definition) is 5. The molecule has 3 aliphatic heterocycles. The van der Waals surface area contributed by atoms with E-state index in [9.17, 15) is 19.5 Å². The molecule has 2 bridgehead atoms. The maximum Gasteiger partial charge on any atom is 0.246 e. The molecule has 3 heterocycles. The Morgan fingerprint density at radius 2 is 1.94 bits per heavy atom. The molecule has 0 aromatic rings. The molecule has 3 amide bonds. The van der Waals surface area contributed by atoms with Crippen LogP contribution in [0.2, 0.25) is 0 Å². The number of ether oxygens (including phenoxy) is 1. The smallest absolute Gasteiger partial charge is 0.246 e. The fraction of sp³-hybridized carbons (Fsp3) is 0.875. The molecule has 3 aliphatic rings. The van der Waals surface area contributed by atoms with Crippen LogP contribution in [-0.4, -0.2) is 70.2 Å². The monoisotopic (exact) mass is 451 g/mol. The molecule has 3 fully saturated rings. The van der Waals surface area contributed by atoms with E-state index in [4.69, 9.17) is 4.74 Å². The third-order valence-electron chi connectivity index (χ3n) is 8.02. The van der Waals surface area contributed by atoms with Crippen molar-refractivity contribution in [3.05, 3.63) is 0 Å². The van der Waals surface area contributed by atoms with Crippen molar-refractivity contribution in [2.75, 3.05) is 13.2 Å². The average molecular weight is 452 g/mol. The van der Waals surface area contributed by atoms with Crippen molar-refractivity contribution in [3.63, 3.8) is 0 Å². The fourth-order valence-electron chi connectivity index (χ4n) is 6.37. The molecule has 8 atom stereocenters. The van der Waals surface area contributed by atoms with Gasteiger partial charge in [-0.05, 0) is 45.4 Å². The van der Waals surface area contributed by atoms with Crippen LogP contribution in [0.3, 0.4) is 0 Å². The molecule has 0 radical (unpaired) electrons. The number of likely N-dealkylation sites (tertiary alicyclic amines) is 1. The second-order valence-corrected chi connectivity index (χ2v) is 10.2. The number of aliphatic hydroxyl groups is 1. The van der Waals surface area contributed by atoms with Crippen molar-refractivity contribution >= 4 is 17.7 Å². The number of carbonyl (C=O) groups excluding carboxylic acids is 3. The highest BCUT2D eigenvalue weighted by molar-refractivity contribution is 5.99. The number of nitrogens with zero attached hydrogens (tertiary/aromatic N) is 1. The Kier molecular flexibility index (Phi) is 7.25. The Labute approximate surface area is 191 Å². The largest absolute Gasteiger partial charge is 0.394 e. The van der Waals surface area contributed by atoms with Gasteiger partial charge >= 0.3 is 0 Å². The molecular formula is C24H41N3O5. The lowest BCUT2D eigenvalue weighted by molar-refractivity contribution is -0.151. The zero-order chi connectivity index (χ0) is 23.8. The molecule has 3 N–H and O–H groups in total. The number of aliphatic hydroxyl groups excluding tert-OH is 1. The first kappa shape index (κ1) is 25.0. The summed E-state index contributed by atoms with van der Waals surface area (Å²) in [5.74, 6) is -2.05. The Hall–Kier alpha value is -1.67. The first-order valence-electron chi connectivity index (χ1n) is 12.3. The standard InChI is InChI=1S/C24H41N3O5/c1-7-10-15(5)26-21(30)19-24-12-14(4)23(6,32-24)17(20(29)25-11-8-2)18(24)22(31)27(19)16(9-3)13-28/h14-19,28H,7-13H2,1-6H3,(H,25,29)(H,26,30)/t14?,15?,16-,17-,18-,19?,23+,24?/m0/s1. The van der Waals surface area contributed by atoms with Crippen LogP contribution in [0.5, 0.6) is 0 Å². The summed E-state index contributed by atoms with van der Waals surface area (Å²) in [5, 5.41) is 16.1. The Balaban J connectivity index is 2.06. The van der Waals surface area contributed by atoms with E-state index in [1.54, 1.807) is 0 Å². The topological polar surface area (TPSA) is 108 Å². The van der Waals surface area contributed by atoms with Crippen molar-refractivity contribution in [1.29, 1.82) is 0 Å². The highest BCUT2D eigenvalue weighted by atomic mass is 16.5. The normalized spacial score (nSPS) is 37.3. The maximum absolute atomic E-state index is 13.9. The van der Waals surface area contributed by atoms with E-state index in [2.05, 4.69) is 17.6 Å². The summed E-state index contributed by atoms with van der Waals surface area (Å²) >= 11 is 0. The zero-order valence-corrected chi connectivity index (χ0v) is 20.4. The predicted molar refractivity (Wildman–Crippen MR) is 121 cm³/mol. The van der Waals surface area contributed by atoms with E-state index in [0.717, 1.165) is 19.3 Å². The quantitative estimate of drug-likeness (QED) is 0.468. The van der Waals surface area contributed by atoms with E-state index in [1.807, 2.05) is 34.6 Å². The van der Waals surface area contributed by atoms with E-state index < -0.39 is 35.1 Å². The van der Waals surface area contributed by atoms with Crippen LogP contribution < -0.4 is 10.6 Å². The van der Waals surface area contributed by atoms with Crippen LogP contribution in [0.4, 0.5) is 0 Å². The third-order valence-corrected chi connectivity index (χ3v) is 8.02. The van der Waals surface area contributed by atoms with Crippen LogP contribution in [0.25, 0.3) is 0 Å². The molecule has 8 nitrogen and oxygen atoms in total. The van der Waals surface area contributed by atoms with Gasteiger partial charge in [0.15, 0.2) is 0 Å². The Morgan fingerprint density at radius 1 is 1.25 bits per heavy atom. The van der Waals surface area contributed by atoms with Gasteiger partial charge in [-0.25, -0.2) is 0 Å². The van der Waals surface area contributed by atoms with E-state index in [1.165, 1.54) is 4.90 Å². The molecule has 4 unspecified atom stereocenters. The number of carbonyl (C=O) groups is 3. The molecule has 0 aliphatic carbocycles. The minimum Gasteiger partial charge on any atom is -0.394 e.